The van der Waals surface area contributed by atoms with Gasteiger partial charge < -0.3 is 74.4 Å². The average molecular weight is 1080 g/mol. The van der Waals surface area contributed by atoms with Crippen LogP contribution in [0.4, 0.5) is 17.1 Å². The minimum atomic E-state index is -2.05. The van der Waals surface area contributed by atoms with E-state index in [1.807, 2.05) is 20.8 Å². The Morgan fingerprint density at radius 2 is 0.859 bits per heavy atom. The van der Waals surface area contributed by atoms with Gasteiger partial charge in [0.15, 0.2) is 0 Å². The second-order valence-electron chi connectivity index (χ2n) is 18.9. The van der Waals surface area contributed by atoms with Crippen molar-refractivity contribution in [3.05, 3.63) is 150 Å². The number of aromatic hydroxyl groups is 6. The number of unbranched alkanes of at least 4 members (excludes halogenated alkanes) is 3. The zero-order chi connectivity index (χ0) is 55.6. The molecule has 1 aliphatic rings. The molecular weight excluding hydrogens is 1000 g/mol. The molecule has 0 fully saturated rings. The molecule has 1 aliphatic heterocycles. The van der Waals surface area contributed by atoms with Crippen LogP contribution in [0.2, 0.25) is 0 Å². The second-order valence-corrected chi connectivity index (χ2v) is 18.9. The molecule has 0 amide bonds. The van der Waals surface area contributed by atoms with Crippen molar-refractivity contribution in [2.24, 2.45) is 0 Å². The number of para-hydroxylation sites is 5. The Kier molecular flexibility index (Phi) is 21.0. The zero-order valence-corrected chi connectivity index (χ0v) is 44.4. The van der Waals surface area contributed by atoms with Gasteiger partial charge in [-0.05, 0) is 92.1 Å². The van der Waals surface area contributed by atoms with Gasteiger partial charge in [0.05, 0.1) is 25.5 Å². The van der Waals surface area contributed by atoms with Crippen LogP contribution < -0.4 is 29.3 Å². The lowest BCUT2D eigenvalue weighted by Crippen LogP contribution is -2.65. The number of rotatable bonds is 30. The van der Waals surface area contributed by atoms with Crippen molar-refractivity contribution in [2.75, 3.05) is 74.6 Å². The Morgan fingerprint density at radius 1 is 0.423 bits per heavy atom. The molecule has 0 radical (unpaired) electrons. The summed E-state index contributed by atoms with van der Waals surface area (Å²) in [6.45, 7) is 7.11. The van der Waals surface area contributed by atoms with Crippen LogP contribution in [0, 0.1) is 0 Å². The van der Waals surface area contributed by atoms with Crippen LogP contribution in [0.25, 0.3) is 5.70 Å². The van der Waals surface area contributed by atoms with Gasteiger partial charge in [0.2, 0.25) is 0 Å². The van der Waals surface area contributed by atoms with Gasteiger partial charge in [-0.15, -0.1) is 0 Å². The van der Waals surface area contributed by atoms with Crippen LogP contribution in [0.5, 0.6) is 51.7 Å². The van der Waals surface area contributed by atoms with E-state index >= 15 is 0 Å². The third-order valence-corrected chi connectivity index (χ3v) is 12.8. The average Bonchev–Trinajstić information content (AvgIpc) is 3.56. The molecule has 0 aliphatic carbocycles. The lowest BCUT2D eigenvalue weighted by Gasteiger charge is -2.57. The van der Waals surface area contributed by atoms with Crippen molar-refractivity contribution >= 4 is 22.8 Å². The Balaban J connectivity index is 1.48. The number of hydrazine groups is 2. The maximum absolute atomic E-state index is 12.6. The van der Waals surface area contributed by atoms with Crippen molar-refractivity contribution in [3.63, 3.8) is 0 Å². The molecule has 1 heterocycles. The fourth-order valence-electron chi connectivity index (χ4n) is 8.83. The van der Waals surface area contributed by atoms with E-state index in [9.17, 15) is 46.0 Å². The normalized spacial score (nSPS) is 15.7. The molecular formula is C60H73N3O15. The van der Waals surface area contributed by atoms with Crippen molar-refractivity contribution in [3.8, 4) is 51.7 Å². The summed E-state index contributed by atoms with van der Waals surface area (Å²) in [5.74, 6) is -1.54. The van der Waals surface area contributed by atoms with Crippen molar-refractivity contribution in [1.29, 1.82) is 0 Å². The molecule has 4 unspecified atom stereocenters. The first-order chi connectivity index (χ1) is 37.8. The van der Waals surface area contributed by atoms with Crippen molar-refractivity contribution in [2.45, 2.75) is 83.1 Å². The SMILES string of the molecule is CCCCOCC(O)COc1ccc(C2=CC(c3ccccc3O)(c3ccc(OCC(O)COCCCC)cc3O)N(c3ccccc3O)N(c3ccc(OCC(O)COCCCC)cc3O)N2c2ccccc2O)c(O)c1. The Bertz CT molecular complexity index is 2890. The lowest BCUT2D eigenvalue weighted by atomic mass is 9.78. The first-order valence-electron chi connectivity index (χ1n) is 26.4. The predicted octanol–water partition coefficient (Wildman–Crippen LogP) is 9.24. The Hall–Kier alpha value is -7.58. The third-order valence-electron chi connectivity index (χ3n) is 12.8. The largest absolute Gasteiger partial charge is 0.508 e. The number of aliphatic hydroxyl groups excluding tert-OH is 3. The van der Waals surface area contributed by atoms with E-state index in [1.165, 1.54) is 57.6 Å². The van der Waals surface area contributed by atoms with E-state index < -0.39 is 35.3 Å². The molecule has 0 saturated carbocycles. The van der Waals surface area contributed by atoms with E-state index in [0.29, 0.717) is 19.8 Å². The van der Waals surface area contributed by atoms with Crippen LogP contribution in [-0.4, -0.2) is 124 Å². The highest BCUT2D eigenvalue weighted by molar-refractivity contribution is 5.94. The Morgan fingerprint density at radius 3 is 1.33 bits per heavy atom. The van der Waals surface area contributed by atoms with Crippen LogP contribution in [-0.2, 0) is 19.7 Å². The highest BCUT2D eigenvalue weighted by atomic mass is 16.5. The lowest BCUT2D eigenvalue weighted by molar-refractivity contribution is 0.0113. The number of phenolic OH excluding ortho intramolecular Hbond substituents is 6. The van der Waals surface area contributed by atoms with E-state index in [-0.39, 0.29) is 119 Å². The third kappa shape index (κ3) is 14.1. The van der Waals surface area contributed by atoms with Gasteiger partial charge in [-0.3, -0.25) is 0 Å². The van der Waals surface area contributed by atoms with Crippen LogP contribution in [0.3, 0.4) is 0 Å². The summed E-state index contributed by atoms with van der Waals surface area (Å²) in [6, 6.07) is 32.3. The minimum Gasteiger partial charge on any atom is -0.508 e. The van der Waals surface area contributed by atoms with E-state index in [1.54, 1.807) is 91.0 Å². The first-order valence-corrected chi connectivity index (χ1v) is 26.4. The predicted molar refractivity (Wildman–Crippen MR) is 297 cm³/mol. The zero-order valence-electron chi connectivity index (χ0n) is 44.4. The number of benzene rings is 6. The number of ether oxygens (including phenoxy) is 6. The number of phenols is 6. The number of aliphatic hydroxyl groups is 3. The highest BCUT2D eigenvalue weighted by Gasteiger charge is 2.53. The van der Waals surface area contributed by atoms with Gasteiger partial charge >= 0.3 is 0 Å². The molecule has 78 heavy (non-hydrogen) atoms. The monoisotopic (exact) mass is 1080 g/mol. The molecule has 418 valence electrons. The van der Waals surface area contributed by atoms with E-state index in [2.05, 4.69) is 0 Å². The maximum Gasteiger partial charge on any atom is 0.146 e. The quantitative estimate of drug-likeness (QED) is 0.0191. The van der Waals surface area contributed by atoms with Crippen LogP contribution >= 0.6 is 0 Å². The summed E-state index contributed by atoms with van der Waals surface area (Å²) in [6.07, 6.45) is 3.95. The molecule has 4 atom stereocenters. The highest BCUT2D eigenvalue weighted by Crippen LogP contribution is 2.57. The van der Waals surface area contributed by atoms with Gasteiger partial charge in [0.25, 0.3) is 0 Å². The molecule has 18 heteroatoms. The van der Waals surface area contributed by atoms with Crippen molar-refractivity contribution in [1.82, 2.24) is 0 Å². The fraction of sp³-hybridized carbons (Fsp3) is 0.367. The molecule has 0 spiro atoms. The number of hydrogen-bond donors (Lipinski definition) is 9. The molecule has 6 aromatic carbocycles. The standard InChI is InChI=1S/C60H73N3O15/c1-4-7-28-73-35-41(64)38-76-44-22-25-47(57(70)31-44)53-34-60(48-16-10-13-19-54(48)67,49-26-23-45(32-58(49)71)77-39-42(65)36-74-29-8-5-2)62(51-18-12-15-21-56(51)69)63(61(53)50-17-11-14-20-55(50)68)52-27-24-46(33-59(52)72)78-40-43(66)37-75-30-9-6-3/h10-27,31-34,41-43,64-72H,4-9,28-30,35-40H2,1-3H3. The fourth-order valence-corrected chi connectivity index (χ4v) is 8.83. The van der Waals surface area contributed by atoms with Crippen molar-refractivity contribution < 1.29 is 74.4 Å². The Labute approximate surface area is 455 Å². The van der Waals surface area contributed by atoms with Gasteiger partial charge in [0.1, 0.15) is 112 Å². The first kappa shape index (κ1) is 58.1. The molecule has 0 saturated heterocycles. The minimum absolute atomic E-state index is 0.0262. The molecule has 9 N–H and O–H groups in total. The maximum atomic E-state index is 12.6. The molecule has 6 aromatic rings. The number of hydrogen-bond acceptors (Lipinski definition) is 18. The molecule has 0 bridgehead atoms. The summed E-state index contributed by atoms with van der Waals surface area (Å²) in [7, 11) is 0. The topological polar surface area (TPSA) is 247 Å². The number of nitrogens with zero attached hydrogens (tertiary/aromatic N) is 3. The van der Waals surface area contributed by atoms with Gasteiger partial charge in [-0.2, -0.15) is 5.12 Å². The van der Waals surface area contributed by atoms with E-state index in [0.717, 1.165) is 38.5 Å². The van der Waals surface area contributed by atoms with E-state index in [4.69, 9.17) is 28.4 Å². The van der Waals surface area contributed by atoms with Gasteiger partial charge in [-0.25, -0.2) is 10.0 Å². The summed E-state index contributed by atoms with van der Waals surface area (Å²) in [5, 5.41) is 111. The van der Waals surface area contributed by atoms with Gasteiger partial charge in [-0.1, -0.05) is 82.5 Å². The molecule has 0 aromatic heterocycles. The van der Waals surface area contributed by atoms with Crippen LogP contribution in [0.1, 0.15) is 76.0 Å². The number of anilines is 3. The summed E-state index contributed by atoms with van der Waals surface area (Å²) < 4.78 is 34.7. The molecule has 18 nitrogen and oxygen atoms in total. The summed E-state index contributed by atoms with van der Waals surface area (Å²) in [4.78, 5) is 0. The van der Waals surface area contributed by atoms with Crippen LogP contribution in [0.15, 0.2) is 133 Å². The second kappa shape index (κ2) is 28.2. The summed E-state index contributed by atoms with van der Waals surface area (Å²) in [5.41, 5.74) is -1.62. The summed E-state index contributed by atoms with van der Waals surface area (Å²) >= 11 is 0. The molecule has 7 rings (SSSR count). The smallest absolute Gasteiger partial charge is 0.146 e. The van der Waals surface area contributed by atoms with Gasteiger partial charge in [0, 0.05) is 54.7 Å².